The molecule has 0 aliphatic heterocycles. The molecule has 1 N–H and O–H groups in total. The Morgan fingerprint density at radius 3 is 2.37 bits per heavy atom. The Kier molecular flexibility index (Phi) is 4.81. The van der Waals surface area contributed by atoms with Gasteiger partial charge in [0.1, 0.15) is 11.5 Å². The molecule has 1 aliphatic carbocycles. The number of hydrogen-bond donors (Lipinski definition) is 1. The van der Waals surface area contributed by atoms with E-state index in [0.29, 0.717) is 11.6 Å². The van der Waals surface area contributed by atoms with Gasteiger partial charge in [0.25, 0.3) is 0 Å². The molecule has 140 valence electrons. The molecule has 1 fully saturated rings. The maximum Gasteiger partial charge on any atom is 0.124 e. The van der Waals surface area contributed by atoms with Crippen molar-refractivity contribution in [1.29, 1.82) is 0 Å². The van der Waals surface area contributed by atoms with Gasteiger partial charge in [0.05, 0.1) is 43.8 Å². The largest absolute Gasteiger partial charge is 0.497 e. The van der Waals surface area contributed by atoms with E-state index < -0.39 is 0 Å². The average Bonchev–Trinajstić information content (AvgIpc) is 3.55. The SMILES string of the molecule is COc1cc(OC)cc(N(CC2CC2)c2ccc3ncc(CO)nc3c2)c1. The number of methoxy groups -OCH3 is 2. The lowest BCUT2D eigenvalue weighted by atomic mass is 10.2. The van der Waals surface area contributed by atoms with Crippen LogP contribution >= 0.6 is 0 Å². The van der Waals surface area contributed by atoms with Gasteiger partial charge in [-0.05, 0) is 37.0 Å². The van der Waals surface area contributed by atoms with Gasteiger partial charge in [0, 0.05) is 36.1 Å². The highest BCUT2D eigenvalue weighted by molar-refractivity contribution is 5.81. The number of fused-ring (bicyclic) bond motifs is 1. The second-order valence-corrected chi connectivity index (χ2v) is 6.82. The second kappa shape index (κ2) is 7.40. The van der Waals surface area contributed by atoms with Crippen LogP contribution < -0.4 is 14.4 Å². The summed E-state index contributed by atoms with van der Waals surface area (Å²) in [7, 11) is 3.32. The van der Waals surface area contributed by atoms with Gasteiger partial charge in [0.15, 0.2) is 0 Å². The number of nitrogens with zero attached hydrogens (tertiary/aromatic N) is 3. The van der Waals surface area contributed by atoms with Crippen LogP contribution in [0.25, 0.3) is 11.0 Å². The Hall–Kier alpha value is -2.86. The molecule has 1 aliphatic rings. The van der Waals surface area contributed by atoms with E-state index >= 15 is 0 Å². The fraction of sp³-hybridized carbons (Fsp3) is 0.333. The van der Waals surface area contributed by atoms with Gasteiger partial charge in [-0.3, -0.25) is 4.98 Å². The van der Waals surface area contributed by atoms with Crippen molar-refractivity contribution in [2.45, 2.75) is 19.4 Å². The van der Waals surface area contributed by atoms with E-state index in [2.05, 4.69) is 20.9 Å². The molecule has 6 heteroatoms. The summed E-state index contributed by atoms with van der Waals surface area (Å²) in [5.41, 5.74) is 4.20. The molecule has 0 unspecified atom stereocenters. The Labute approximate surface area is 158 Å². The van der Waals surface area contributed by atoms with Crippen molar-refractivity contribution in [1.82, 2.24) is 9.97 Å². The topological polar surface area (TPSA) is 67.7 Å². The fourth-order valence-corrected chi connectivity index (χ4v) is 3.15. The van der Waals surface area contributed by atoms with Crippen molar-refractivity contribution in [3.8, 4) is 11.5 Å². The minimum absolute atomic E-state index is 0.119. The third-order valence-electron chi connectivity index (χ3n) is 4.83. The predicted octanol–water partition coefficient (Wildman–Crippen LogP) is 3.69. The number of aliphatic hydroxyl groups is 1. The van der Waals surface area contributed by atoms with E-state index in [1.54, 1.807) is 20.4 Å². The lowest BCUT2D eigenvalue weighted by molar-refractivity contribution is 0.277. The van der Waals surface area contributed by atoms with Gasteiger partial charge in [-0.15, -0.1) is 0 Å². The number of rotatable bonds is 7. The third kappa shape index (κ3) is 3.80. The first-order valence-corrected chi connectivity index (χ1v) is 9.07. The van der Waals surface area contributed by atoms with Crippen LogP contribution in [0.4, 0.5) is 11.4 Å². The van der Waals surface area contributed by atoms with Crippen LogP contribution in [0.5, 0.6) is 11.5 Å². The van der Waals surface area contributed by atoms with Crippen LogP contribution in [0.1, 0.15) is 18.5 Å². The molecule has 0 atom stereocenters. The average molecular weight is 365 g/mol. The van der Waals surface area contributed by atoms with Crippen molar-refractivity contribution in [2.75, 3.05) is 25.7 Å². The number of ether oxygens (including phenoxy) is 2. The first kappa shape index (κ1) is 17.5. The van der Waals surface area contributed by atoms with Gasteiger partial charge in [-0.2, -0.15) is 0 Å². The standard InChI is InChI=1S/C21H23N3O3/c1-26-18-7-17(8-19(10-18)27-2)24(12-14-3-4-14)16-5-6-20-21(9-16)23-15(13-25)11-22-20/h5-11,14,25H,3-4,12-13H2,1-2H3. The minimum atomic E-state index is -0.119. The second-order valence-electron chi connectivity index (χ2n) is 6.82. The lowest BCUT2D eigenvalue weighted by Crippen LogP contribution is -2.20. The van der Waals surface area contributed by atoms with Crippen LogP contribution in [-0.2, 0) is 6.61 Å². The van der Waals surface area contributed by atoms with E-state index in [1.165, 1.54) is 12.8 Å². The van der Waals surface area contributed by atoms with Crippen LogP contribution in [0.3, 0.4) is 0 Å². The Morgan fingerprint density at radius 2 is 1.74 bits per heavy atom. The molecular formula is C21H23N3O3. The first-order chi connectivity index (χ1) is 13.2. The number of anilines is 2. The fourth-order valence-electron chi connectivity index (χ4n) is 3.15. The van der Waals surface area contributed by atoms with Crippen molar-refractivity contribution < 1.29 is 14.6 Å². The third-order valence-corrected chi connectivity index (χ3v) is 4.83. The number of aliphatic hydroxyl groups excluding tert-OH is 1. The van der Waals surface area contributed by atoms with E-state index in [-0.39, 0.29) is 6.61 Å². The number of benzene rings is 2. The smallest absolute Gasteiger partial charge is 0.124 e. The Balaban J connectivity index is 1.79. The minimum Gasteiger partial charge on any atom is -0.497 e. The lowest BCUT2D eigenvalue weighted by Gasteiger charge is -2.26. The molecule has 2 aromatic carbocycles. The van der Waals surface area contributed by atoms with Gasteiger partial charge in [-0.1, -0.05) is 0 Å². The molecule has 0 spiro atoms. The van der Waals surface area contributed by atoms with E-state index in [0.717, 1.165) is 40.5 Å². The quantitative estimate of drug-likeness (QED) is 0.689. The van der Waals surface area contributed by atoms with E-state index in [1.807, 2.05) is 30.3 Å². The van der Waals surface area contributed by atoms with E-state index in [9.17, 15) is 5.11 Å². The van der Waals surface area contributed by atoms with Crippen molar-refractivity contribution in [2.24, 2.45) is 5.92 Å². The molecule has 0 radical (unpaired) electrons. The zero-order valence-corrected chi connectivity index (χ0v) is 15.6. The molecule has 27 heavy (non-hydrogen) atoms. The van der Waals surface area contributed by atoms with Crippen LogP contribution in [0, 0.1) is 5.92 Å². The summed E-state index contributed by atoms with van der Waals surface area (Å²) in [5.74, 6) is 2.20. The summed E-state index contributed by atoms with van der Waals surface area (Å²) in [6, 6.07) is 12.0. The van der Waals surface area contributed by atoms with E-state index in [4.69, 9.17) is 9.47 Å². The number of aromatic nitrogens is 2. The zero-order valence-electron chi connectivity index (χ0n) is 15.6. The monoisotopic (exact) mass is 365 g/mol. The van der Waals surface area contributed by atoms with Gasteiger partial charge < -0.3 is 19.5 Å². The van der Waals surface area contributed by atoms with Crippen molar-refractivity contribution in [3.63, 3.8) is 0 Å². The van der Waals surface area contributed by atoms with Gasteiger partial charge in [-0.25, -0.2) is 4.98 Å². The maximum atomic E-state index is 9.36. The Bertz CT molecular complexity index is 934. The summed E-state index contributed by atoms with van der Waals surface area (Å²) in [6.07, 6.45) is 4.11. The Morgan fingerprint density at radius 1 is 1.00 bits per heavy atom. The van der Waals surface area contributed by atoms with Crippen LogP contribution in [0.15, 0.2) is 42.6 Å². The highest BCUT2D eigenvalue weighted by atomic mass is 16.5. The predicted molar refractivity (Wildman–Crippen MR) is 105 cm³/mol. The molecule has 1 aromatic heterocycles. The summed E-state index contributed by atoms with van der Waals surface area (Å²) >= 11 is 0. The number of hydrogen-bond acceptors (Lipinski definition) is 6. The molecule has 4 rings (SSSR count). The van der Waals surface area contributed by atoms with Crippen LogP contribution in [0.2, 0.25) is 0 Å². The summed E-state index contributed by atoms with van der Waals surface area (Å²) in [6.45, 7) is 0.807. The van der Waals surface area contributed by atoms with Crippen molar-refractivity contribution >= 4 is 22.4 Å². The highest BCUT2D eigenvalue weighted by Gasteiger charge is 2.26. The molecule has 0 amide bonds. The first-order valence-electron chi connectivity index (χ1n) is 9.07. The molecule has 1 saturated carbocycles. The van der Waals surface area contributed by atoms with Gasteiger partial charge in [0.2, 0.25) is 0 Å². The zero-order chi connectivity index (χ0) is 18.8. The molecule has 0 bridgehead atoms. The summed E-state index contributed by atoms with van der Waals surface area (Å²) < 4.78 is 10.9. The van der Waals surface area contributed by atoms with Gasteiger partial charge >= 0.3 is 0 Å². The normalized spacial score (nSPS) is 13.6. The molecular weight excluding hydrogens is 342 g/mol. The molecule has 0 saturated heterocycles. The maximum absolute atomic E-state index is 9.36. The highest BCUT2D eigenvalue weighted by Crippen LogP contribution is 2.38. The summed E-state index contributed by atoms with van der Waals surface area (Å²) in [5, 5.41) is 9.36. The van der Waals surface area contributed by atoms with Crippen LogP contribution in [-0.4, -0.2) is 35.8 Å². The molecule has 1 heterocycles. The molecule has 3 aromatic rings. The van der Waals surface area contributed by atoms with Crippen molar-refractivity contribution in [3.05, 3.63) is 48.3 Å². The molecule has 6 nitrogen and oxygen atoms in total. The summed E-state index contributed by atoms with van der Waals surface area (Å²) in [4.78, 5) is 11.1.